The largest absolute Gasteiger partial charge is 0.479 e. The van der Waals surface area contributed by atoms with Crippen LogP contribution in [0.25, 0.3) is 0 Å². The maximum Gasteiger partial charge on any atom is 0.254 e. The molecule has 1 heterocycles. The molecule has 0 unspecified atom stereocenters. The maximum absolute atomic E-state index is 12.4. The number of carbonyl (C=O) groups is 1. The Morgan fingerprint density at radius 3 is 2.55 bits per heavy atom. The molecule has 118 valence electrons. The number of methoxy groups -OCH3 is 1. The van der Waals surface area contributed by atoms with Gasteiger partial charge in [-0.25, -0.2) is 0 Å². The Morgan fingerprint density at radius 1 is 1.27 bits per heavy atom. The van der Waals surface area contributed by atoms with E-state index in [0.717, 1.165) is 12.1 Å². The van der Waals surface area contributed by atoms with Gasteiger partial charge < -0.3 is 14.2 Å². The maximum atomic E-state index is 12.4. The van der Waals surface area contributed by atoms with Crippen LogP contribution >= 0.6 is 0 Å². The summed E-state index contributed by atoms with van der Waals surface area (Å²) in [7, 11) is 1.53. The predicted molar refractivity (Wildman–Crippen MR) is 85.2 cm³/mol. The lowest BCUT2D eigenvalue weighted by molar-refractivity contribution is -0.118. The monoisotopic (exact) mass is 302 g/mol. The molecule has 0 atom stereocenters. The first-order valence-electron chi connectivity index (χ1n) is 7.56. The zero-order valence-electron chi connectivity index (χ0n) is 13.3. The van der Waals surface area contributed by atoms with Crippen molar-refractivity contribution in [3.63, 3.8) is 0 Å². The second-order valence-corrected chi connectivity index (χ2v) is 4.99. The molecule has 1 aromatic carbocycles. The van der Waals surface area contributed by atoms with Crippen molar-refractivity contribution in [2.24, 2.45) is 0 Å². The lowest BCUT2D eigenvalue weighted by Gasteiger charge is -2.21. The Hall–Kier alpha value is -2.30. The summed E-state index contributed by atoms with van der Waals surface area (Å²) in [6.07, 6.45) is 1.88. The number of ether oxygens (including phenoxy) is 1. The lowest BCUT2D eigenvalue weighted by Crippen LogP contribution is -2.30. The van der Waals surface area contributed by atoms with E-state index < -0.39 is 0 Å². The van der Waals surface area contributed by atoms with Crippen LogP contribution in [0.15, 0.2) is 34.9 Å². The van der Waals surface area contributed by atoms with Crippen LogP contribution in [-0.4, -0.2) is 24.7 Å². The molecule has 2 aromatic rings. The van der Waals surface area contributed by atoms with Gasteiger partial charge in [0.25, 0.3) is 5.88 Å². The Labute approximate surface area is 130 Å². The Kier molecular flexibility index (Phi) is 5.58. The van der Waals surface area contributed by atoms with Gasteiger partial charge in [0.2, 0.25) is 5.91 Å². The van der Waals surface area contributed by atoms with E-state index in [1.807, 2.05) is 19.1 Å². The van der Waals surface area contributed by atoms with E-state index in [-0.39, 0.29) is 5.91 Å². The third-order valence-corrected chi connectivity index (χ3v) is 3.61. The van der Waals surface area contributed by atoms with Gasteiger partial charge in [-0.2, -0.15) is 0 Å². The smallest absolute Gasteiger partial charge is 0.254 e. The molecule has 1 aromatic heterocycles. The van der Waals surface area contributed by atoms with Crippen molar-refractivity contribution in [2.75, 3.05) is 18.6 Å². The third-order valence-electron chi connectivity index (χ3n) is 3.61. The third kappa shape index (κ3) is 3.87. The molecule has 5 heteroatoms. The van der Waals surface area contributed by atoms with Gasteiger partial charge >= 0.3 is 0 Å². The first kappa shape index (κ1) is 16.1. The van der Waals surface area contributed by atoms with Gasteiger partial charge in [0.1, 0.15) is 5.76 Å². The predicted octanol–water partition coefficient (Wildman–Crippen LogP) is 3.23. The van der Waals surface area contributed by atoms with Crippen LogP contribution in [-0.2, 0) is 17.6 Å². The molecular formula is C17H22N2O3. The highest BCUT2D eigenvalue weighted by atomic mass is 16.5. The van der Waals surface area contributed by atoms with Crippen LogP contribution in [0, 0.1) is 0 Å². The van der Waals surface area contributed by atoms with Crippen molar-refractivity contribution in [1.29, 1.82) is 0 Å². The van der Waals surface area contributed by atoms with Crippen LogP contribution in [0.3, 0.4) is 0 Å². The normalized spacial score (nSPS) is 10.5. The first-order valence-corrected chi connectivity index (χ1v) is 7.56. The molecular weight excluding hydrogens is 280 g/mol. The number of aryl methyl sites for hydroxylation is 2. The quantitative estimate of drug-likeness (QED) is 0.788. The zero-order chi connectivity index (χ0) is 15.9. The number of hydrogen-bond acceptors (Lipinski definition) is 4. The Balaban J connectivity index is 1.98. The lowest BCUT2D eigenvalue weighted by atomic mass is 10.1. The minimum absolute atomic E-state index is 0.0714. The zero-order valence-corrected chi connectivity index (χ0v) is 13.3. The van der Waals surface area contributed by atoms with Gasteiger partial charge in [-0.15, -0.1) is 0 Å². The minimum Gasteiger partial charge on any atom is -0.479 e. The van der Waals surface area contributed by atoms with E-state index in [4.69, 9.17) is 9.26 Å². The van der Waals surface area contributed by atoms with Gasteiger partial charge in [-0.05, 0) is 36.2 Å². The Morgan fingerprint density at radius 2 is 2.00 bits per heavy atom. The van der Waals surface area contributed by atoms with E-state index in [1.165, 1.54) is 12.7 Å². The summed E-state index contributed by atoms with van der Waals surface area (Å²) in [6.45, 7) is 4.73. The van der Waals surface area contributed by atoms with Crippen molar-refractivity contribution < 1.29 is 14.1 Å². The van der Waals surface area contributed by atoms with Gasteiger partial charge in [0.15, 0.2) is 0 Å². The highest BCUT2D eigenvalue weighted by Gasteiger charge is 2.15. The van der Waals surface area contributed by atoms with Crippen LogP contribution in [0.1, 0.15) is 31.6 Å². The van der Waals surface area contributed by atoms with Crippen LogP contribution in [0.4, 0.5) is 5.69 Å². The summed E-state index contributed by atoms with van der Waals surface area (Å²) in [5, 5.41) is 3.73. The van der Waals surface area contributed by atoms with Gasteiger partial charge in [-0.3, -0.25) is 4.79 Å². The van der Waals surface area contributed by atoms with Crippen molar-refractivity contribution in [1.82, 2.24) is 5.16 Å². The van der Waals surface area contributed by atoms with E-state index in [9.17, 15) is 4.79 Å². The average molecular weight is 302 g/mol. The SMILES string of the molecule is CCc1ccc(N(CC)C(=O)CCc2cc(OC)no2)cc1. The molecule has 0 N–H and O–H groups in total. The fourth-order valence-corrected chi connectivity index (χ4v) is 2.29. The summed E-state index contributed by atoms with van der Waals surface area (Å²) in [6, 6.07) is 9.83. The number of hydrogen-bond donors (Lipinski definition) is 0. The van der Waals surface area contributed by atoms with Crippen LogP contribution in [0.2, 0.25) is 0 Å². The van der Waals surface area contributed by atoms with E-state index in [0.29, 0.717) is 31.0 Å². The molecule has 0 aliphatic rings. The highest BCUT2D eigenvalue weighted by molar-refractivity contribution is 5.93. The number of nitrogens with zero attached hydrogens (tertiary/aromatic N) is 2. The van der Waals surface area contributed by atoms with Crippen LogP contribution < -0.4 is 9.64 Å². The minimum atomic E-state index is 0.0714. The standard InChI is InChI=1S/C17H22N2O3/c1-4-13-6-8-14(9-7-13)19(5-2)17(20)11-10-15-12-16(21-3)18-22-15/h6-9,12H,4-5,10-11H2,1-3H3. The number of anilines is 1. The molecule has 22 heavy (non-hydrogen) atoms. The van der Waals surface area contributed by atoms with Crippen LogP contribution in [0.5, 0.6) is 5.88 Å². The summed E-state index contributed by atoms with van der Waals surface area (Å²) in [5.41, 5.74) is 2.20. The highest BCUT2D eigenvalue weighted by Crippen LogP contribution is 2.18. The molecule has 0 aliphatic carbocycles. The summed E-state index contributed by atoms with van der Waals surface area (Å²) < 4.78 is 10.1. The molecule has 0 saturated carbocycles. The molecule has 0 bridgehead atoms. The van der Waals surface area contributed by atoms with Gasteiger partial charge in [0.05, 0.1) is 7.11 Å². The molecule has 0 aliphatic heterocycles. The summed E-state index contributed by atoms with van der Waals surface area (Å²) in [5.74, 6) is 1.16. The average Bonchev–Trinajstić information content (AvgIpc) is 3.02. The van der Waals surface area contributed by atoms with Crippen molar-refractivity contribution in [3.8, 4) is 5.88 Å². The Bertz CT molecular complexity index is 605. The number of rotatable bonds is 7. The number of carbonyl (C=O) groups excluding carboxylic acids is 1. The van der Waals surface area contributed by atoms with E-state index in [1.54, 1.807) is 11.0 Å². The van der Waals surface area contributed by atoms with Gasteiger partial charge in [-0.1, -0.05) is 19.1 Å². The molecule has 0 radical (unpaired) electrons. The molecule has 0 saturated heterocycles. The topological polar surface area (TPSA) is 55.6 Å². The fraction of sp³-hybridized carbons (Fsp3) is 0.412. The number of benzene rings is 1. The van der Waals surface area contributed by atoms with E-state index in [2.05, 4.69) is 24.2 Å². The molecule has 2 rings (SSSR count). The van der Waals surface area contributed by atoms with Crippen molar-refractivity contribution in [2.45, 2.75) is 33.1 Å². The van der Waals surface area contributed by atoms with Gasteiger partial charge in [0, 0.05) is 31.1 Å². The number of amides is 1. The second-order valence-electron chi connectivity index (χ2n) is 4.99. The van der Waals surface area contributed by atoms with E-state index >= 15 is 0 Å². The first-order chi connectivity index (χ1) is 10.7. The molecule has 0 fully saturated rings. The fourth-order valence-electron chi connectivity index (χ4n) is 2.29. The second kappa shape index (κ2) is 7.64. The molecule has 1 amide bonds. The summed E-state index contributed by atoms with van der Waals surface area (Å²) >= 11 is 0. The van der Waals surface area contributed by atoms with Crippen molar-refractivity contribution in [3.05, 3.63) is 41.7 Å². The summed E-state index contributed by atoms with van der Waals surface area (Å²) in [4.78, 5) is 14.2. The number of aromatic nitrogens is 1. The molecule has 5 nitrogen and oxygen atoms in total. The van der Waals surface area contributed by atoms with Crippen molar-refractivity contribution >= 4 is 11.6 Å². The molecule has 0 spiro atoms.